The number of aryl methyl sites for hydroxylation is 1. The van der Waals surface area contributed by atoms with Crippen molar-refractivity contribution in [1.82, 2.24) is 14.3 Å². The van der Waals surface area contributed by atoms with Crippen molar-refractivity contribution in [2.75, 3.05) is 0 Å². The van der Waals surface area contributed by atoms with Crippen molar-refractivity contribution in [2.24, 2.45) is 5.41 Å². The van der Waals surface area contributed by atoms with Gasteiger partial charge in [0.15, 0.2) is 0 Å². The van der Waals surface area contributed by atoms with Gasteiger partial charge in [-0.1, -0.05) is 80.9 Å². The number of nitrogens with one attached hydrogen (secondary N) is 1. The lowest BCUT2D eigenvalue weighted by Gasteiger charge is -2.20. The van der Waals surface area contributed by atoms with E-state index < -0.39 is 16.1 Å². The Kier molecular flexibility index (Phi) is 8.53. The maximum Gasteiger partial charge on any atom is 0.266 e. The lowest BCUT2D eigenvalue weighted by atomic mass is 9.88. The van der Waals surface area contributed by atoms with Gasteiger partial charge in [0, 0.05) is 0 Å². The third-order valence-corrected chi connectivity index (χ3v) is 8.65. The van der Waals surface area contributed by atoms with Crippen LogP contribution in [-0.2, 0) is 23.1 Å². The molecule has 4 aromatic carbocycles. The smallest absolute Gasteiger partial charge is 0.266 e. The molecule has 0 aliphatic carbocycles. The first kappa shape index (κ1) is 30.2. The molecule has 222 valence electrons. The summed E-state index contributed by atoms with van der Waals surface area (Å²) in [7, 11) is -3.91. The summed E-state index contributed by atoms with van der Waals surface area (Å²) in [5.74, 6) is 0.828. The Hall–Kier alpha value is -4.27. The molecule has 0 aliphatic rings. The van der Waals surface area contributed by atoms with E-state index in [1.54, 1.807) is 37.3 Å². The fraction of sp³-hybridized carbons (Fsp3) is 0.257. The molecule has 1 N–H and O–H groups in total. The predicted molar refractivity (Wildman–Crippen MR) is 171 cm³/mol. The summed E-state index contributed by atoms with van der Waals surface area (Å²) in [6.07, 6.45) is 0.833. The molecule has 1 atom stereocenters. The van der Waals surface area contributed by atoms with Crippen LogP contribution < -0.4 is 15.0 Å². The summed E-state index contributed by atoms with van der Waals surface area (Å²) in [4.78, 5) is 19.0. The molecule has 1 heterocycles. The van der Waals surface area contributed by atoms with Gasteiger partial charge in [-0.15, -0.1) is 0 Å². The summed E-state index contributed by atoms with van der Waals surface area (Å²) in [5.41, 5.74) is 3.93. The van der Waals surface area contributed by atoms with Crippen molar-refractivity contribution in [1.29, 1.82) is 0 Å². The van der Waals surface area contributed by atoms with Crippen molar-refractivity contribution < 1.29 is 13.2 Å². The molecule has 8 heteroatoms. The molecule has 5 aromatic rings. The molecule has 0 saturated carbocycles. The van der Waals surface area contributed by atoms with Gasteiger partial charge in [-0.3, -0.25) is 9.36 Å². The number of ether oxygens (including phenoxy) is 1. The summed E-state index contributed by atoms with van der Waals surface area (Å²) < 4.78 is 37.1. The van der Waals surface area contributed by atoms with E-state index >= 15 is 0 Å². The third kappa shape index (κ3) is 7.21. The Balaban J connectivity index is 1.51. The third-order valence-electron chi connectivity index (χ3n) is 7.09. The first-order valence-electron chi connectivity index (χ1n) is 14.3. The van der Waals surface area contributed by atoms with E-state index in [0.29, 0.717) is 28.9 Å². The largest absolute Gasteiger partial charge is 0.489 e. The minimum absolute atomic E-state index is 0.0866. The Bertz CT molecular complexity index is 1890. The standard InChI is InChI=1S/C35H37N3O4S/c1-24-11-15-28(16-12-24)38-33(25(2)37-43(40,41)30-18-13-26(14-19-30)22-35(3,4)5)36-32-20-17-29(21-31(32)34(38)39)42-23-27-9-7-6-8-10-27/h6-21,25,37H,22-23H2,1-5H3. The van der Waals surface area contributed by atoms with Crippen molar-refractivity contribution in [3.63, 3.8) is 0 Å². The van der Waals surface area contributed by atoms with Crippen LogP contribution in [0.2, 0.25) is 0 Å². The molecule has 0 bridgehead atoms. The zero-order chi connectivity index (χ0) is 30.8. The number of fused-ring (bicyclic) bond motifs is 1. The van der Waals surface area contributed by atoms with E-state index in [9.17, 15) is 13.2 Å². The van der Waals surface area contributed by atoms with Crippen molar-refractivity contribution >= 4 is 20.9 Å². The molecule has 1 aromatic heterocycles. The maximum atomic E-state index is 14.0. The number of nitrogens with zero attached hydrogens (tertiary/aromatic N) is 2. The Morgan fingerprint density at radius 3 is 2.21 bits per heavy atom. The SMILES string of the molecule is Cc1ccc(-n2c(C(C)NS(=O)(=O)c3ccc(CC(C)(C)C)cc3)nc3ccc(OCc4ccccc4)cc3c2=O)cc1. The Morgan fingerprint density at radius 2 is 1.56 bits per heavy atom. The molecule has 0 saturated heterocycles. The highest BCUT2D eigenvalue weighted by Crippen LogP contribution is 2.25. The van der Waals surface area contributed by atoms with Crippen molar-refractivity contribution in [3.8, 4) is 11.4 Å². The van der Waals surface area contributed by atoms with E-state index in [1.165, 1.54) is 4.57 Å². The summed E-state index contributed by atoms with van der Waals surface area (Å²) >= 11 is 0. The summed E-state index contributed by atoms with van der Waals surface area (Å²) in [6.45, 7) is 10.4. The predicted octanol–water partition coefficient (Wildman–Crippen LogP) is 6.90. The fourth-order valence-corrected chi connectivity index (χ4v) is 6.20. The van der Waals surface area contributed by atoms with Crippen LogP contribution in [0.15, 0.2) is 107 Å². The summed E-state index contributed by atoms with van der Waals surface area (Å²) in [5, 5.41) is 0.374. The zero-order valence-electron chi connectivity index (χ0n) is 25.2. The van der Waals surface area contributed by atoms with Crippen LogP contribution in [0.4, 0.5) is 0 Å². The van der Waals surface area contributed by atoms with Crippen LogP contribution in [0.25, 0.3) is 16.6 Å². The highest BCUT2D eigenvalue weighted by molar-refractivity contribution is 7.89. The van der Waals surface area contributed by atoms with Gasteiger partial charge in [0.2, 0.25) is 10.0 Å². The molecular weight excluding hydrogens is 558 g/mol. The lowest BCUT2D eigenvalue weighted by molar-refractivity contribution is 0.306. The van der Waals surface area contributed by atoms with Crippen LogP contribution in [-0.4, -0.2) is 18.0 Å². The average molecular weight is 596 g/mol. The highest BCUT2D eigenvalue weighted by atomic mass is 32.2. The lowest BCUT2D eigenvalue weighted by Crippen LogP contribution is -2.33. The van der Waals surface area contributed by atoms with Gasteiger partial charge in [-0.2, -0.15) is 0 Å². The zero-order valence-corrected chi connectivity index (χ0v) is 26.0. The minimum Gasteiger partial charge on any atom is -0.489 e. The van der Waals surface area contributed by atoms with E-state index in [-0.39, 0.29) is 21.7 Å². The molecule has 5 rings (SSSR count). The normalized spacial score (nSPS) is 12.8. The van der Waals surface area contributed by atoms with Gasteiger partial charge in [0.25, 0.3) is 5.56 Å². The highest BCUT2D eigenvalue weighted by Gasteiger charge is 2.24. The number of benzene rings is 4. The monoisotopic (exact) mass is 595 g/mol. The molecule has 7 nitrogen and oxygen atoms in total. The van der Waals surface area contributed by atoms with Crippen LogP contribution in [0, 0.1) is 12.3 Å². The van der Waals surface area contributed by atoms with Crippen LogP contribution in [0.1, 0.15) is 56.3 Å². The number of aromatic nitrogens is 2. The van der Waals surface area contributed by atoms with Crippen LogP contribution in [0.5, 0.6) is 5.75 Å². The summed E-state index contributed by atoms with van der Waals surface area (Å²) in [6, 6.07) is 28.6. The second-order valence-corrected chi connectivity index (χ2v) is 13.8. The van der Waals surface area contributed by atoms with E-state index in [0.717, 1.165) is 23.1 Å². The Morgan fingerprint density at radius 1 is 0.884 bits per heavy atom. The topological polar surface area (TPSA) is 90.3 Å². The maximum absolute atomic E-state index is 14.0. The molecule has 43 heavy (non-hydrogen) atoms. The van der Waals surface area contributed by atoms with E-state index in [4.69, 9.17) is 9.72 Å². The van der Waals surface area contributed by atoms with Crippen LogP contribution in [0.3, 0.4) is 0 Å². The van der Waals surface area contributed by atoms with Crippen molar-refractivity contribution in [3.05, 3.63) is 130 Å². The molecule has 0 amide bonds. The number of sulfonamides is 1. The van der Waals surface area contributed by atoms with E-state index in [1.807, 2.05) is 73.7 Å². The molecule has 0 fully saturated rings. The van der Waals surface area contributed by atoms with Gasteiger partial charge < -0.3 is 4.74 Å². The molecule has 1 unspecified atom stereocenters. The van der Waals surface area contributed by atoms with Gasteiger partial charge in [0.05, 0.1) is 27.5 Å². The molecular formula is C35H37N3O4S. The fourth-order valence-electron chi connectivity index (χ4n) is 5.00. The number of hydrogen-bond donors (Lipinski definition) is 1. The van der Waals surface area contributed by atoms with Crippen LogP contribution >= 0.6 is 0 Å². The molecule has 0 spiro atoms. The average Bonchev–Trinajstić information content (AvgIpc) is 2.96. The number of rotatable bonds is 9. The second-order valence-electron chi connectivity index (χ2n) is 12.1. The molecule has 0 aliphatic heterocycles. The van der Waals surface area contributed by atoms with Crippen molar-refractivity contribution in [2.45, 2.75) is 58.6 Å². The first-order chi connectivity index (χ1) is 20.4. The van der Waals surface area contributed by atoms with Gasteiger partial charge >= 0.3 is 0 Å². The van der Waals surface area contributed by atoms with Gasteiger partial charge in [-0.25, -0.2) is 18.1 Å². The van der Waals surface area contributed by atoms with Gasteiger partial charge in [0.1, 0.15) is 18.2 Å². The van der Waals surface area contributed by atoms with Gasteiger partial charge in [-0.05, 0) is 79.3 Å². The number of hydrogen-bond acceptors (Lipinski definition) is 5. The minimum atomic E-state index is -3.91. The van der Waals surface area contributed by atoms with E-state index in [2.05, 4.69) is 25.5 Å². The Labute approximate surface area is 253 Å². The quantitative estimate of drug-likeness (QED) is 0.200. The first-order valence-corrected chi connectivity index (χ1v) is 15.8. The second kappa shape index (κ2) is 12.1. The molecule has 0 radical (unpaired) electrons.